The van der Waals surface area contributed by atoms with Crippen LogP contribution in [0.5, 0.6) is 0 Å². The van der Waals surface area contributed by atoms with E-state index in [2.05, 4.69) is 49.0 Å². The number of rotatable bonds is 10. The van der Waals surface area contributed by atoms with E-state index >= 15 is 0 Å². The first-order valence-corrected chi connectivity index (χ1v) is 8.62. The Bertz CT molecular complexity index is 427. The van der Waals surface area contributed by atoms with Crippen molar-refractivity contribution in [3.8, 4) is 0 Å². The number of unbranched alkanes of at least 4 members (excludes halogenated alkanes) is 1. The van der Waals surface area contributed by atoms with Crippen molar-refractivity contribution in [3.05, 3.63) is 36.0 Å². The first-order valence-electron chi connectivity index (χ1n) is 8.24. The summed E-state index contributed by atoms with van der Waals surface area (Å²) in [5.74, 6) is 0.691. The highest BCUT2D eigenvalue weighted by Gasteiger charge is 2.06. The van der Waals surface area contributed by atoms with E-state index in [1.165, 1.54) is 37.6 Å². The first-order chi connectivity index (χ1) is 10.5. The molecule has 2 atom stereocenters. The molecule has 3 heteroatoms. The summed E-state index contributed by atoms with van der Waals surface area (Å²) in [5, 5.41) is 0.490. The van der Waals surface area contributed by atoms with E-state index in [9.17, 15) is 0 Å². The minimum Gasteiger partial charge on any atom is -0.262 e. The SMILES string of the molecule is C/C=C\C(/C=C/C=C(\C)C(CC)CCCC)/N=C\N=C(/C)Cl. The number of aliphatic imine (C=N–C) groups is 2. The number of halogens is 1. The quantitative estimate of drug-likeness (QED) is 0.194. The maximum atomic E-state index is 5.69. The lowest BCUT2D eigenvalue weighted by Gasteiger charge is -2.14. The predicted octanol–water partition coefficient (Wildman–Crippen LogP) is 6.34. The summed E-state index contributed by atoms with van der Waals surface area (Å²) in [6.07, 6.45) is 17.0. The molecular weight excluding hydrogens is 292 g/mol. The summed E-state index contributed by atoms with van der Waals surface area (Å²) in [4.78, 5) is 8.34. The van der Waals surface area contributed by atoms with Crippen LogP contribution in [-0.4, -0.2) is 17.6 Å². The van der Waals surface area contributed by atoms with Crippen LogP contribution in [-0.2, 0) is 0 Å². The van der Waals surface area contributed by atoms with Crippen molar-refractivity contribution in [1.82, 2.24) is 0 Å². The summed E-state index contributed by atoms with van der Waals surface area (Å²) in [6.45, 7) is 10.5. The highest BCUT2D eigenvalue weighted by molar-refractivity contribution is 6.65. The third-order valence-electron chi connectivity index (χ3n) is 3.57. The predicted molar refractivity (Wildman–Crippen MR) is 102 cm³/mol. The zero-order valence-corrected chi connectivity index (χ0v) is 15.5. The Kier molecular flexibility index (Phi) is 12.8. The van der Waals surface area contributed by atoms with Crippen LogP contribution in [0.2, 0.25) is 0 Å². The van der Waals surface area contributed by atoms with Crippen molar-refractivity contribution in [3.63, 3.8) is 0 Å². The van der Waals surface area contributed by atoms with E-state index in [1.54, 1.807) is 6.92 Å². The highest BCUT2D eigenvalue weighted by Crippen LogP contribution is 2.21. The van der Waals surface area contributed by atoms with Crippen LogP contribution >= 0.6 is 11.6 Å². The van der Waals surface area contributed by atoms with Gasteiger partial charge in [-0.05, 0) is 39.5 Å². The molecule has 0 radical (unpaired) electrons. The van der Waals surface area contributed by atoms with E-state index < -0.39 is 0 Å². The standard InChI is InChI=1S/C19H31ClN2/c1-6-9-13-18(8-3)16(4)12-10-14-19(11-7-2)22-15-21-17(5)20/h7,10-12,14-15,18-19H,6,8-9,13H2,1-5H3/b11-7-,14-10+,16-12+,21-17+,22-15-. The minimum atomic E-state index is 0.00420. The molecule has 2 unspecified atom stereocenters. The molecule has 0 rings (SSSR count). The van der Waals surface area contributed by atoms with Crippen LogP contribution in [0.3, 0.4) is 0 Å². The van der Waals surface area contributed by atoms with Crippen molar-refractivity contribution in [1.29, 1.82) is 0 Å². The van der Waals surface area contributed by atoms with Gasteiger partial charge in [0.2, 0.25) is 0 Å². The summed E-state index contributed by atoms with van der Waals surface area (Å²) < 4.78 is 0. The van der Waals surface area contributed by atoms with Crippen molar-refractivity contribution >= 4 is 23.1 Å². The Balaban J connectivity index is 4.76. The largest absolute Gasteiger partial charge is 0.262 e. The summed E-state index contributed by atoms with van der Waals surface area (Å²) in [7, 11) is 0. The first kappa shape index (κ1) is 20.9. The third kappa shape index (κ3) is 10.6. The fourth-order valence-corrected chi connectivity index (χ4v) is 2.26. The lowest BCUT2D eigenvalue weighted by molar-refractivity contribution is 0.515. The fraction of sp³-hybridized carbons (Fsp3) is 0.579. The van der Waals surface area contributed by atoms with Gasteiger partial charge in [0.1, 0.15) is 11.5 Å². The molecule has 0 bridgehead atoms. The summed E-state index contributed by atoms with van der Waals surface area (Å²) in [6, 6.07) is 0.00420. The molecule has 0 aromatic heterocycles. The van der Waals surface area contributed by atoms with Crippen LogP contribution in [0.1, 0.15) is 60.3 Å². The highest BCUT2D eigenvalue weighted by atomic mass is 35.5. The minimum absolute atomic E-state index is 0.00420. The maximum absolute atomic E-state index is 5.69. The average molecular weight is 323 g/mol. The van der Waals surface area contributed by atoms with Crippen molar-refractivity contribution in [2.24, 2.45) is 15.9 Å². The lowest BCUT2D eigenvalue weighted by Crippen LogP contribution is -2.00. The maximum Gasteiger partial charge on any atom is 0.112 e. The molecule has 0 N–H and O–H groups in total. The molecule has 0 aliphatic carbocycles. The topological polar surface area (TPSA) is 24.7 Å². The van der Waals surface area contributed by atoms with Gasteiger partial charge in [0.05, 0.1) is 6.04 Å². The van der Waals surface area contributed by atoms with Crippen LogP contribution in [0.25, 0.3) is 0 Å². The van der Waals surface area contributed by atoms with Crippen LogP contribution < -0.4 is 0 Å². The molecule has 0 saturated carbocycles. The molecule has 124 valence electrons. The molecule has 22 heavy (non-hydrogen) atoms. The van der Waals surface area contributed by atoms with Crippen molar-refractivity contribution in [2.45, 2.75) is 66.3 Å². The molecule has 0 aromatic carbocycles. The zero-order valence-electron chi connectivity index (χ0n) is 14.7. The Labute approximate surface area is 141 Å². The molecule has 0 aliphatic rings. The van der Waals surface area contributed by atoms with Gasteiger partial charge in [0.25, 0.3) is 0 Å². The van der Waals surface area contributed by atoms with Gasteiger partial charge in [-0.3, -0.25) is 4.99 Å². The summed E-state index contributed by atoms with van der Waals surface area (Å²) in [5.41, 5.74) is 1.45. The van der Waals surface area contributed by atoms with Gasteiger partial charge >= 0.3 is 0 Å². The van der Waals surface area contributed by atoms with E-state index in [4.69, 9.17) is 11.6 Å². The van der Waals surface area contributed by atoms with Crippen molar-refractivity contribution in [2.75, 3.05) is 0 Å². The molecule has 0 aliphatic heterocycles. The van der Waals surface area contributed by atoms with Crippen molar-refractivity contribution < 1.29 is 0 Å². The average Bonchev–Trinajstić information content (AvgIpc) is 2.47. The molecule has 2 nitrogen and oxygen atoms in total. The second-order valence-electron chi connectivity index (χ2n) is 5.45. The van der Waals surface area contributed by atoms with Gasteiger partial charge in [0, 0.05) is 0 Å². The number of hydrogen-bond donors (Lipinski definition) is 0. The van der Waals surface area contributed by atoms with Gasteiger partial charge < -0.3 is 0 Å². The van der Waals surface area contributed by atoms with Crippen LogP contribution in [0, 0.1) is 5.92 Å². The van der Waals surface area contributed by atoms with Gasteiger partial charge in [-0.15, -0.1) is 0 Å². The Morgan fingerprint density at radius 3 is 2.45 bits per heavy atom. The van der Waals surface area contributed by atoms with Gasteiger partial charge in [-0.1, -0.05) is 74.2 Å². The molecule has 0 saturated heterocycles. The summed E-state index contributed by atoms with van der Waals surface area (Å²) >= 11 is 5.69. The van der Waals surface area contributed by atoms with Crippen LogP contribution in [0.4, 0.5) is 0 Å². The number of allylic oxidation sites excluding steroid dienone is 4. The van der Waals surface area contributed by atoms with Crippen LogP contribution in [0.15, 0.2) is 45.9 Å². The second-order valence-corrected chi connectivity index (χ2v) is 6.00. The number of nitrogens with zero attached hydrogens (tertiary/aromatic N) is 2. The van der Waals surface area contributed by atoms with E-state index in [0.29, 0.717) is 11.1 Å². The third-order valence-corrected chi connectivity index (χ3v) is 3.67. The Morgan fingerprint density at radius 1 is 1.18 bits per heavy atom. The molecular formula is C19H31ClN2. The fourth-order valence-electron chi connectivity index (χ4n) is 2.21. The second kappa shape index (κ2) is 13.5. The number of hydrogen-bond acceptors (Lipinski definition) is 1. The smallest absolute Gasteiger partial charge is 0.112 e. The van der Waals surface area contributed by atoms with Gasteiger partial charge in [0.15, 0.2) is 0 Å². The molecule has 0 spiro atoms. The Hall–Kier alpha value is -1.15. The molecule has 0 fully saturated rings. The van der Waals surface area contributed by atoms with Gasteiger partial charge in [-0.25, -0.2) is 4.99 Å². The van der Waals surface area contributed by atoms with E-state index in [1.807, 2.05) is 19.1 Å². The van der Waals surface area contributed by atoms with Gasteiger partial charge in [-0.2, -0.15) is 0 Å². The molecule has 0 aromatic rings. The lowest BCUT2D eigenvalue weighted by atomic mass is 9.92. The normalized spacial score (nSPS) is 17.0. The Morgan fingerprint density at radius 2 is 1.91 bits per heavy atom. The monoisotopic (exact) mass is 322 g/mol. The van der Waals surface area contributed by atoms with E-state index in [0.717, 1.165) is 0 Å². The van der Waals surface area contributed by atoms with E-state index in [-0.39, 0.29) is 6.04 Å². The molecule has 0 heterocycles. The zero-order chi connectivity index (χ0) is 16.8. The molecule has 0 amide bonds.